The minimum absolute atomic E-state index is 0.0111. The van der Waals surface area contributed by atoms with Gasteiger partial charge in [-0.2, -0.15) is 0 Å². The molecule has 0 unspecified atom stereocenters. The molecule has 2 aliphatic rings. The van der Waals surface area contributed by atoms with Crippen molar-refractivity contribution in [2.24, 2.45) is 0 Å². The molecular weight excluding hydrogens is 635 g/mol. The average Bonchev–Trinajstić information content (AvgIpc) is 3.52. The van der Waals surface area contributed by atoms with E-state index in [0.717, 1.165) is 25.3 Å². The molecule has 3 N–H and O–H groups in total. The molecule has 0 radical (unpaired) electrons. The number of nitrogens with zero attached hydrogens (tertiary/aromatic N) is 1. The Balaban J connectivity index is 1.44. The summed E-state index contributed by atoms with van der Waals surface area (Å²) in [4.78, 5) is 44.5. The largest absolute Gasteiger partial charge is 0.358 e. The molecule has 2 amide bonds. The number of H-pyrrole nitrogens is 1. The lowest BCUT2D eigenvalue weighted by Gasteiger charge is -2.18. The maximum absolute atomic E-state index is 13.4. The van der Waals surface area contributed by atoms with E-state index >= 15 is 0 Å². The molecular formula is C33H36Cl2N4O5S. The van der Waals surface area contributed by atoms with Crippen molar-refractivity contribution in [1.29, 1.82) is 0 Å². The van der Waals surface area contributed by atoms with Gasteiger partial charge in [0.15, 0.2) is 15.6 Å². The Labute approximate surface area is 273 Å². The van der Waals surface area contributed by atoms with Crippen LogP contribution in [0.25, 0.3) is 11.6 Å². The second kappa shape index (κ2) is 13.9. The van der Waals surface area contributed by atoms with Crippen LogP contribution in [0.5, 0.6) is 0 Å². The first-order valence-electron chi connectivity index (χ1n) is 15.1. The third-order valence-electron chi connectivity index (χ3n) is 8.39. The number of amides is 2. The quantitative estimate of drug-likeness (QED) is 0.212. The van der Waals surface area contributed by atoms with Crippen LogP contribution in [-0.4, -0.2) is 62.1 Å². The molecule has 1 aromatic heterocycles. The highest BCUT2D eigenvalue weighted by molar-refractivity contribution is 7.90. The molecule has 1 aliphatic heterocycles. The molecule has 1 aliphatic carbocycles. The number of Topliss-reactive ketones (excluding diaryl/α,β-unsaturated/α-hetero) is 1. The lowest BCUT2D eigenvalue weighted by molar-refractivity contribution is -0.121. The third kappa shape index (κ3) is 7.19. The molecule has 238 valence electrons. The number of hydrogen-bond donors (Lipinski definition) is 3. The predicted molar refractivity (Wildman–Crippen MR) is 177 cm³/mol. The number of benzene rings is 2. The highest BCUT2D eigenvalue weighted by Crippen LogP contribution is 2.38. The lowest BCUT2D eigenvalue weighted by Crippen LogP contribution is -2.34. The van der Waals surface area contributed by atoms with Gasteiger partial charge in [-0.05, 0) is 74.3 Å². The fourth-order valence-electron chi connectivity index (χ4n) is 5.89. The van der Waals surface area contributed by atoms with Crippen LogP contribution in [0.2, 0.25) is 10.0 Å². The molecule has 2 aromatic carbocycles. The van der Waals surface area contributed by atoms with Gasteiger partial charge in [0.2, 0.25) is 5.91 Å². The van der Waals surface area contributed by atoms with E-state index < -0.39 is 21.5 Å². The van der Waals surface area contributed by atoms with E-state index in [1.54, 1.807) is 30.3 Å². The number of likely N-dealkylation sites (N-methyl/N-ethyl adjacent to an activating group) is 1. The number of carbonyl (C=O) groups excluding carboxylic acids is 3. The zero-order valence-electron chi connectivity index (χ0n) is 25.3. The van der Waals surface area contributed by atoms with E-state index in [0.29, 0.717) is 65.9 Å². The average molecular weight is 672 g/mol. The van der Waals surface area contributed by atoms with E-state index in [-0.39, 0.29) is 38.6 Å². The number of aromatic nitrogens is 1. The van der Waals surface area contributed by atoms with Gasteiger partial charge in [-0.3, -0.25) is 14.4 Å². The van der Waals surface area contributed by atoms with Crippen LogP contribution in [0.15, 0.2) is 41.3 Å². The van der Waals surface area contributed by atoms with Crippen LogP contribution in [-0.2, 0) is 38.0 Å². The van der Waals surface area contributed by atoms with Crippen LogP contribution in [0, 0.1) is 0 Å². The van der Waals surface area contributed by atoms with Crippen LogP contribution in [0.1, 0.15) is 71.5 Å². The van der Waals surface area contributed by atoms with Crippen LogP contribution >= 0.6 is 23.2 Å². The van der Waals surface area contributed by atoms with Crippen LogP contribution in [0.3, 0.4) is 0 Å². The van der Waals surface area contributed by atoms with Crippen molar-refractivity contribution < 1.29 is 22.8 Å². The van der Waals surface area contributed by atoms with Gasteiger partial charge in [-0.1, -0.05) is 43.1 Å². The number of rotatable bonds is 12. The first-order valence-corrected chi connectivity index (χ1v) is 17.5. The number of anilines is 1. The van der Waals surface area contributed by atoms with Crippen molar-refractivity contribution in [3.05, 3.63) is 80.1 Å². The summed E-state index contributed by atoms with van der Waals surface area (Å²) in [6.07, 6.45) is 3.97. The highest BCUT2D eigenvalue weighted by Gasteiger charge is 2.30. The lowest BCUT2D eigenvalue weighted by atomic mass is 9.91. The summed E-state index contributed by atoms with van der Waals surface area (Å²) in [6.45, 7) is 7.25. The Bertz CT molecular complexity index is 1770. The van der Waals surface area contributed by atoms with E-state index in [9.17, 15) is 22.8 Å². The second-order valence-electron chi connectivity index (χ2n) is 11.2. The topological polar surface area (TPSA) is 128 Å². The normalized spacial score (nSPS) is 15.4. The van der Waals surface area contributed by atoms with Gasteiger partial charge in [0, 0.05) is 69.7 Å². The van der Waals surface area contributed by atoms with Crippen molar-refractivity contribution >= 4 is 68.0 Å². The number of halogens is 2. The fraction of sp³-hybridized carbons (Fsp3) is 0.364. The number of sulfone groups is 1. The smallest absolute Gasteiger partial charge is 0.256 e. The van der Waals surface area contributed by atoms with Crippen LogP contribution < -0.4 is 10.6 Å². The van der Waals surface area contributed by atoms with Gasteiger partial charge >= 0.3 is 0 Å². The molecule has 5 rings (SSSR count). The predicted octanol–water partition coefficient (Wildman–Crippen LogP) is 5.70. The maximum atomic E-state index is 13.4. The van der Waals surface area contributed by atoms with Crippen molar-refractivity contribution in [2.45, 2.75) is 56.6 Å². The summed E-state index contributed by atoms with van der Waals surface area (Å²) < 4.78 is 26.9. The summed E-state index contributed by atoms with van der Waals surface area (Å²) in [5.74, 6) is -0.904. The van der Waals surface area contributed by atoms with Gasteiger partial charge < -0.3 is 20.5 Å². The fourth-order valence-corrected chi connectivity index (χ4v) is 8.01. The molecule has 0 saturated carbocycles. The molecule has 3 aromatic rings. The van der Waals surface area contributed by atoms with Crippen molar-refractivity contribution in [2.75, 3.05) is 31.5 Å². The first-order chi connectivity index (χ1) is 21.5. The molecule has 0 saturated heterocycles. The summed E-state index contributed by atoms with van der Waals surface area (Å²) in [6, 6.07) is 9.28. The molecule has 12 heteroatoms. The first kappa shape index (κ1) is 32.9. The van der Waals surface area contributed by atoms with Gasteiger partial charge in [-0.25, -0.2) is 8.42 Å². The zero-order chi connectivity index (χ0) is 32.3. The SMILES string of the molecule is CCN(CC)CCNC(=O)CCc1c(C=C2C(=O)Nc3ccc(S(=O)(=O)Cc4c(Cl)cccc4Cl)cc32)[nH]c2c1C(=O)CCC2. The molecule has 0 fully saturated rings. The number of aromatic amines is 1. The maximum Gasteiger partial charge on any atom is 0.256 e. The highest BCUT2D eigenvalue weighted by atomic mass is 35.5. The van der Waals surface area contributed by atoms with E-state index in [1.807, 2.05) is 0 Å². The monoisotopic (exact) mass is 670 g/mol. The van der Waals surface area contributed by atoms with E-state index in [1.165, 1.54) is 12.1 Å². The third-order valence-corrected chi connectivity index (χ3v) is 10.7. The van der Waals surface area contributed by atoms with Gasteiger partial charge in [-0.15, -0.1) is 0 Å². The molecule has 45 heavy (non-hydrogen) atoms. The summed E-state index contributed by atoms with van der Waals surface area (Å²) in [5, 5.41) is 6.27. The van der Waals surface area contributed by atoms with Crippen LogP contribution in [0.4, 0.5) is 5.69 Å². The van der Waals surface area contributed by atoms with E-state index in [2.05, 4.69) is 34.4 Å². The Morgan fingerprint density at radius 3 is 2.49 bits per heavy atom. The van der Waals surface area contributed by atoms with Crippen molar-refractivity contribution in [3.8, 4) is 0 Å². The number of nitrogens with one attached hydrogen (secondary N) is 3. The van der Waals surface area contributed by atoms with Crippen molar-refractivity contribution in [1.82, 2.24) is 15.2 Å². The number of fused-ring (bicyclic) bond motifs is 2. The number of carbonyl (C=O) groups is 3. The molecule has 2 heterocycles. The van der Waals surface area contributed by atoms with Crippen molar-refractivity contribution in [3.63, 3.8) is 0 Å². The molecule has 0 atom stereocenters. The summed E-state index contributed by atoms with van der Waals surface area (Å²) in [7, 11) is -3.88. The zero-order valence-corrected chi connectivity index (χ0v) is 27.6. The Morgan fingerprint density at radius 1 is 1.04 bits per heavy atom. The Hall–Kier alpha value is -3.44. The molecule has 9 nitrogen and oxygen atoms in total. The number of hydrogen-bond acceptors (Lipinski definition) is 6. The van der Waals surface area contributed by atoms with Gasteiger partial charge in [0.1, 0.15) is 0 Å². The minimum Gasteiger partial charge on any atom is -0.358 e. The Kier molecular flexibility index (Phi) is 10.2. The Morgan fingerprint density at radius 2 is 1.78 bits per heavy atom. The van der Waals surface area contributed by atoms with Gasteiger partial charge in [0.25, 0.3) is 5.91 Å². The number of ketones is 1. The molecule has 0 bridgehead atoms. The summed E-state index contributed by atoms with van der Waals surface area (Å²) in [5.41, 5.74) is 4.10. The van der Waals surface area contributed by atoms with Gasteiger partial charge in [0.05, 0.1) is 16.2 Å². The second-order valence-corrected chi connectivity index (χ2v) is 14.0. The summed E-state index contributed by atoms with van der Waals surface area (Å²) >= 11 is 12.5. The standard InChI is InChI=1S/C33H36Cl2N4O5S/c1-3-39(4-2)16-15-36-31(41)14-12-21-29(37-28-9-6-10-30(40)32(21)28)18-23-22-17-20(11-13-27(22)38-33(23)42)45(43,44)19-24-25(34)7-5-8-26(24)35/h5,7-8,11,13,17-18,37H,3-4,6,9-10,12,14-16,19H2,1-2H3,(H,36,41)(H,38,42). The molecule has 0 spiro atoms. The minimum atomic E-state index is -3.88. The van der Waals surface area contributed by atoms with E-state index in [4.69, 9.17) is 23.2 Å². The number of aryl methyl sites for hydroxylation is 1.